The fourth-order valence-electron chi connectivity index (χ4n) is 2.12. The Hall–Kier alpha value is -0.890. The van der Waals surface area contributed by atoms with E-state index in [0.717, 1.165) is 25.7 Å². The minimum atomic E-state index is 0.246. The zero-order chi connectivity index (χ0) is 13.1. The standard InChI is InChI=1S/C16H26O2/c1-2-3-4-5-6-14-18-16-11-9-15(10-12-16)8-7-13-17/h9-11,13,16H,2-8,12,14H2,1H3/t16-/m1/s1. The topological polar surface area (TPSA) is 26.3 Å². The molecule has 0 aromatic carbocycles. The van der Waals surface area contributed by atoms with Crippen LogP contribution in [0.3, 0.4) is 0 Å². The SMILES string of the molecule is CCCCCCCO[C@@H]1C=CC(CCC=O)=CC1. The Bertz CT molecular complexity index is 279. The number of hydrogen-bond acceptors (Lipinski definition) is 2. The first kappa shape index (κ1) is 15.2. The number of carbonyl (C=O) groups is 1. The van der Waals surface area contributed by atoms with Gasteiger partial charge in [-0.1, -0.05) is 56.4 Å². The number of ether oxygens (including phenoxy) is 1. The first-order valence-electron chi connectivity index (χ1n) is 7.29. The molecule has 0 saturated heterocycles. The molecule has 2 heteroatoms. The van der Waals surface area contributed by atoms with E-state index in [2.05, 4.69) is 25.2 Å². The normalized spacial score (nSPS) is 18.7. The molecule has 18 heavy (non-hydrogen) atoms. The monoisotopic (exact) mass is 250 g/mol. The van der Waals surface area contributed by atoms with E-state index in [9.17, 15) is 4.79 Å². The third-order valence-corrected chi connectivity index (χ3v) is 3.27. The van der Waals surface area contributed by atoms with Crippen LogP contribution in [-0.4, -0.2) is 19.0 Å². The zero-order valence-corrected chi connectivity index (χ0v) is 11.6. The van der Waals surface area contributed by atoms with Crippen LogP contribution in [0, 0.1) is 0 Å². The quantitative estimate of drug-likeness (QED) is 0.429. The van der Waals surface area contributed by atoms with Gasteiger partial charge in [-0.05, 0) is 19.3 Å². The molecule has 0 spiro atoms. The van der Waals surface area contributed by atoms with Crippen LogP contribution >= 0.6 is 0 Å². The summed E-state index contributed by atoms with van der Waals surface area (Å²) in [6, 6.07) is 0. The van der Waals surface area contributed by atoms with E-state index in [-0.39, 0.29) is 6.10 Å². The van der Waals surface area contributed by atoms with E-state index in [1.807, 2.05) is 0 Å². The molecule has 1 atom stereocenters. The summed E-state index contributed by atoms with van der Waals surface area (Å²) in [5, 5.41) is 0. The highest BCUT2D eigenvalue weighted by Crippen LogP contribution is 2.17. The van der Waals surface area contributed by atoms with Crippen LogP contribution in [0.5, 0.6) is 0 Å². The summed E-state index contributed by atoms with van der Waals surface area (Å²) in [6.07, 6.45) is 16.5. The summed E-state index contributed by atoms with van der Waals surface area (Å²) in [4.78, 5) is 10.3. The fraction of sp³-hybridized carbons (Fsp3) is 0.688. The van der Waals surface area contributed by atoms with E-state index < -0.39 is 0 Å². The maximum Gasteiger partial charge on any atom is 0.120 e. The smallest absolute Gasteiger partial charge is 0.120 e. The Morgan fingerprint density at radius 3 is 2.83 bits per heavy atom. The van der Waals surface area contributed by atoms with Gasteiger partial charge in [0, 0.05) is 13.0 Å². The second kappa shape index (κ2) is 10.1. The van der Waals surface area contributed by atoms with Gasteiger partial charge in [0.1, 0.15) is 6.29 Å². The molecule has 0 fully saturated rings. The second-order valence-electron chi connectivity index (χ2n) is 4.90. The number of aldehydes is 1. The Kier molecular flexibility index (Phi) is 8.49. The number of rotatable bonds is 10. The Labute approximate surface area is 111 Å². The van der Waals surface area contributed by atoms with Gasteiger partial charge in [0.2, 0.25) is 0 Å². The zero-order valence-electron chi connectivity index (χ0n) is 11.6. The van der Waals surface area contributed by atoms with Crippen molar-refractivity contribution in [3.05, 3.63) is 23.8 Å². The van der Waals surface area contributed by atoms with Gasteiger partial charge in [-0.15, -0.1) is 0 Å². The molecule has 102 valence electrons. The minimum Gasteiger partial charge on any atom is -0.374 e. The summed E-state index contributed by atoms with van der Waals surface area (Å²) < 4.78 is 5.82. The lowest BCUT2D eigenvalue weighted by molar-refractivity contribution is -0.107. The van der Waals surface area contributed by atoms with Crippen LogP contribution in [0.15, 0.2) is 23.8 Å². The highest BCUT2D eigenvalue weighted by molar-refractivity contribution is 5.50. The van der Waals surface area contributed by atoms with E-state index in [1.54, 1.807) is 0 Å². The van der Waals surface area contributed by atoms with Crippen LogP contribution < -0.4 is 0 Å². The number of allylic oxidation sites excluding steroid dienone is 2. The molecule has 1 rings (SSSR count). The first-order valence-corrected chi connectivity index (χ1v) is 7.29. The molecule has 0 heterocycles. The lowest BCUT2D eigenvalue weighted by Crippen LogP contribution is -2.12. The highest BCUT2D eigenvalue weighted by atomic mass is 16.5. The minimum absolute atomic E-state index is 0.246. The molecule has 0 aromatic rings. The average molecular weight is 250 g/mol. The Morgan fingerprint density at radius 2 is 2.17 bits per heavy atom. The van der Waals surface area contributed by atoms with Crippen LogP contribution in [0.2, 0.25) is 0 Å². The van der Waals surface area contributed by atoms with Crippen molar-refractivity contribution in [1.82, 2.24) is 0 Å². The van der Waals surface area contributed by atoms with Gasteiger partial charge in [-0.3, -0.25) is 0 Å². The summed E-state index contributed by atoms with van der Waals surface area (Å²) in [5.74, 6) is 0. The van der Waals surface area contributed by atoms with Crippen molar-refractivity contribution >= 4 is 6.29 Å². The second-order valence-corrected chi connectivity index (χ2v) is 4.90. The molecule has 0 saturated carbocycles. The molecule has 2 nitrogen and oxygen atoms in total. The highest BCUT2D eigenvalue weighted by Gasteiger charge is 2.08. The molecule has 1 aliphatic rings. The number of unbranched alkanes of at least 4 members (excludes halogenated alkanes) is 4. The van der Waals surface area contributed by atoms with E-state index in [0.29, 0.717) is 6.42 Å². The lowest BCUT2D eigenvalue weighted by atomic mass is 10.0. The Balaban J connectivity index is 2.03. The third kappa shape index (κ3) is 6.75. The van der Waals surface area contributed by atoms with Gasteiger partial charge in [0.15, 0.2) is 0 Å². The molecule has 0 aromatic heterocycles. The van der Waals surface area contributed by atoms with Crippen LogP contribution in [0.25, 0.3) is 0 Å². The van der Waals surface area contributed by atoms with Crippen molar-refractivity contribution in [2.75, 3.05) is 6.61 Å². The van der Waals surface area contributed by atoms with E-state index in [4.69, 9.17) is 4.74 Å². The molecule has 0 unspecified atom stereocenters. The summed E-state index contributed by atoms with van der Waals surface area (Å²) in [5.41, 5.74) is 1.27. The molecular weight excluding hydrogens is 224 g/mol. The van der Waals surface area contributed by atoms with Crippen molar-refractivity contribution in [2.24, 2.45) is 0 Å². The predicted octanol–water partition coefficient (Wildman–Crippen LogP) is 4.21. The fourth-order valence-corrected chi connectivity index (χ4v) is 2.12. The lowest BCUT2D eigenvalue weighted by Gasteiger charge is -2.16. The van der Waals surface area contributed by atoms with Crippen LogP contribution in [0.1, 0.15) is 58.3 Å². The molecule has 0 N–H and O–H groups in total. The molecule has 0 radical (unpaired) electrons. The largest absolute Gasteiger partial charge is 0.374 e. The molecule has 0 aliphatic heterocycles. The van der Waals surface area contributed by atoms with Crippen LogP contribution in [-0.2, 0) is 9.53 Å². The maximum atomic E-state index is 10.3. The van der Waals surface area contributed by atoms with Gasteiger partial charge in [0.25, 0.3) is 0 Å². The molecular formula is C16H26O2. The third-order valence-electron chi connectivity index (χ3n) is 3.27. The van der Waals surface area contributed by atoms with Crippen molar-refractivity contribution in [3.63, 3.8) is 0 Å². The van der Waals surface area contributed by atoms with Crippen molar-refractivity contribution in [2.45, 2.75) is 64.4 Å². The Morgan fingerprint density at radius 1 is 1.33 bits per heavy atom. The molecule has 0 bridgehead atoms. The van der Waals surface area contributed by atoms with Crippen molar-refractivity contribution in [1.29, 1.82) is 0 Å². The molecule has 0 amide bonds. The summed E-state index contributed by atoms with van der Waals surface area (Å²) in [6.45, 7) is 3.11. The van der Waals surface area contributed by atoms with E-state index in [1.165, 1.54) is 37.7 Å². The summed E-state index contributed by atoms with van der Waals surface area (Å²) in [7, 11) is 0. The number of hydrogen-bond donors (Lipinski definition) is 0. The predicted molar refractivity (Wildman–Crippen MR) is 75.6 cm³/mol. The molecule has 1 aliphatic carbocycles. The maximum absolute atomic E-state index is 10.3. The van der Waals surface area contributed by atoms with Gasteiger partial charge in [-0.25, -0.2) is 0 Å². The summed E-state index contributed by atoms with van der Waals surface area (Å²) >= 11 is 0. The van der Waals surface area contributed by atoms with Crippen molar-refractivity contribution < 1.29 is 9.53 Å². The average Bonchev–Trinajstić information content (AvgIpc) is 2.42. The first-order chi connectivity index (χ1) is 8.86. The van der Waals surface area contributed by atoms with Crippen LogP contribution in [0.4, 0.5) is 0 Å². The van der Waals surface area contributed by atoms with Crippen molar-refractivity contribution in [3.8, 4) is 0 Å². The van der Waals surface area contributed by atoms with Gasteiger partial charge < -0.3 is 9.53 Å². The van der Waals surface area contributed by atoms with E-state index >= 15 is 0 Å². The van der Waals surface area contributed by atoms with Gasteiger partial charge >= 0.3 is 0 Å². The van der Waals surface area contributed by atoms with Gasteiger partial charge in [0.05, 0.1) is 6.10 Å². The van der Waals surface area contributed by atoms with Gasteiger partial charge in [-0.2, -0.15) is 0 Å². The number of carbonyl (C=O) groups excluding carboxylic acids is 1.